The molecule has 0 aliphatic rings. The lowest BCUT2D eigenvalue weighted by molar-refractivity contribution is 0.333. The topological polar surface area (TPSA) is 26.3 Å². The Morgan fingerprint density at radius 3 is 2.36 bits per heavy atom. The van der Waals surface area contributed by atoms with Crippen LogP contribution in [-0.4, -0.2) is 26.8 Å². The number of rotatable bonds is 6. The highest BCUT2D eigenvalue weighted by molar-refractivity contribution is 7.59. The molecule has 0 spiro atoms. The van der Waals surface area contributed by atoms with Crippen LogP contribution in [0.25, 0.3) is 0 Å². The maximum atomic E-state index is 11.8. The average Bonchev–Trinajstić information content (AvgIpc) is 1.88. The molecule has 0 aromatic heterocycles. The van der Waals surface area contributed by atoms with Crippen LogP contribution in [0.2, 0.25) is 6.32 Å². The van der Waals surface area contributed by atoms with E-state index in [1.807, 2.05) is 21.7 Å². The molecular weight excluding hydrogens is 158 g/mol. The van der Waals surface area contributed by atoms with E-state index in [0.29, 0.717) is 6.61 Å². The summed E-state index contributed by atoms with van der Waals surface area (Å²) in [5, 5.41) is 0. The number of hydrogen-bond acceptors (Lipinski definition) is 2. The SMILES string of the molecule is BCCP(=O)(CCC)OCC. The van der Waals surface area contributed by atoms with Crippen molar-refractivity contribution in [2.24, 2.45) is 0 Å². The summed E-state index contributed by atoms with van der Waals surface area (Å²) in [5.41, 5.74) is 0. The fraction of sp³-hybridized carbons (Fsp3) is 1.00. The van der Waals surface area contributed by atoms with Gasteiger partial charge in [0.25, 0.3) is 0 Å². The summed E-state index contributed by atoms with van der Waals surface area (Å²) in [7, 11) is -0.176. The van der Waals surface area contributed by atoms with Gasteiger partial charge in [-0.05, 0) is 13.3 Å². The molecule has 0 amide bonds. The smallest absolute Gasteiger partial charge is 0.202 e. The van der Waals surface area contributed by atoms with Gasteiger partial charge in [0.05, 0.1) is 6.61 Å². The molecule has 1 atom stereocenters. The highest BCUT2D eigenvalue weighted by Crippen LogP contribution is 2.47. The predicted molar refractivity (Wildman–Crippen MR) is 52.6 cm³/mol. The fourth-order valence-electron chi connectivity index (χ4n) is 1.16. The number of hydrogen-bond donors (Lipinski definition) is 0. The van der Waals surface area contributed by atoms with Gasteiger partial charge in [-0.15, -0.1) is 0 Å². The van der Waals surface area contributed by atoms with Gasteiger partial charge in [-0.25, -0.2) is 0 Å². The minimum atomic E-state index is -2.22. The van der Waals surface area contributed by atoms with Crippen LogP contribution >= 0.6 is 7.37 Å². The lowest BCUT2D eigenvalue weighted by Crippen LogP contribution is -1.99. The van der Waals surface area contributed by atoms with Crippen LogP contribution in [0, 0.1) is 0 Å². The van der Waals surface area contributed by atoms with Crippen molar-refractivity contribution < 1.29 is 9.09 Å². The van der Waals surface area contributed by atoms with Gasteiger partial charge < -0.3 is 4.52 Å². The van der Waals surface area contributed by atoms with Crippen LogP contribution in [0.3, 0.4) is 0 Å². The van der Waals surface area contributed by atoms with Crippen molar-refractivity contribution in [3.8, 4) is 0 Å². The molecule has 2 nitrogen and oxygen atoms in total. The van der Waals surface area contributed by atoms with Gasteiger partial charge in [0.1, 0.15) is 7.85 Å². The summed E-state index contributed by atoms with van der Waals surface area (Å²) in [6.07, 6.45) is 3.40. The maximum Gasteiger partial charge on any atom is 0.202 e. The van der Waals surface area contributed by atoms with Gasteiger partial charge in [-0.2, -0.15) is 0 Å². The normalized spacial score (nSPS) is 16.2. The summed E-state index contributed by atoms with van der Waals surface area (Å²) in [6.45, 7) is 4.52. The van der Waals surface area contributed by atoms with Crippen molar-refractivity contribution in [3.63, 3.8) is 0 Å². The molecule has 0 aliphatic carbocycles. The zero-order chi connectivity index (χ0) is 8.74. The van der Waals surface area contributed by atoms with Gasteiger partial charge >= 0.3 is 0 Å². The Kier molecular flexibility index (Phi) is 5.98. The highest BCUT2D eigenvalue weighted by atomic mass is 31.2. The van der Waals surface area contributed by atoms with Gasteiger partial charge in [-0.1, -0.05) is 13.2 Å². The van der Waals surface area contributed by atoms with E-state index in [1.54, 1.807) is 0 Å². The Balaban J connectivity index is 3.91. The van der Waals surface area contributed by atoms with E-state index >= 15 is 0 Å². The van der Waals surface area contributed by atoms with Crippen molar-refractivity contribution in [3.05, 3.63) is 0 Å². The first-order valence-corrected chi connectivity index (χ1v) is 6.40. The summed E-state index contributed by atoms with van der Waals surface area (Å²) in [5.74, 6) is 0. The monoisotopic (exact) mass is 176 g/mol. The second-order valence-electron chi connectivity index (χ2n) is 2.68. The first-order valence-electron chi connectivity index (χ1n) is 4.41. The Morgan fingerprint density at radius 1 is 1.36 bits per heavy atom. The van der Waals surface area contributed by atoms with Crippen LogP contribution in [0.15, 0.2) is 0 Å². The Hall–Kier alpha value is 0.255. The van der Waals surface area contributed by atoms with E-state index in [9.17, 15) is 4.57 Å². The van der Waals surface area contributed by atoms with E-state index in [1.165, 1.54) is 0 Å². The molecule has 11 heavy (non-hydrogen) atoms. The minimum absolute atomic E-state index is 0.581. The van der Waals surface area contributed by atoms with Crippen LogP contribution in [0.4, 0.5) is 0 Å². The second-order valence-corrected chi connectivity index (χ2v) is 5.46. The van der Waals surface area contributed by atoms with Crippen molar-refractivity contribution >= 4 is 15.2 Å². The van der Waals surface area contributed by atoms with E-state index < -0.39 is 7.37 Å². The minimum Gasteiger partial charge on any atom is -0.329 e. The van der Waals surface area contributed by atoms with Crippen molar-refractivity contribution in [2.45, 2.75) is 26.6 Å². The molecule has 0 saturated heterocycles. The van der Waals surface area contributed by atoms with Gasteiger partial charge in [0.15, 0.2) is 0 Å². The average molecular weight is 176 g/mol. The largest absolute Gasteiger partial charge is 0.329 e. The molecule has 66 valence electrons. The molecule has 0 aromatic rings. The van der Waals surface area contributed by atoms with E-state index in [-0.39, 0.29) is 0 Å². The van der Waals surface area contributed by atoms with Crippen molar-refractivity contribution in [1.29, 1.82) is 0 Å². The van der Waals surface area contributed by atoms with E-state index in [2.05, 4.69) is 0 Å². The van der Waals surface area contributed by atoms with E-state index in [4.69, 9.17) is 4.52 Å². The fourth-order valence-corrected chi connectivity index (χ4v) is 3.47. The predicted octanol–water partition coefficient (Wildman–Crippen LogP) is 1.76. The molecule has 0 radical (unpaired) electrons. The van der Waals surface area contributed by atoms with Crippen molar-refractivity contribution in [2.75, 3.05) is 18.9 Å². The maximum absolute atomic E-state index is 11.8. The molecular formula is C7H18BO2P. The summed E-state index contributed by atoms with van der Waals surface area (Å²) >= 11 is 0. The lowest BCUT2D eigenvalue weighted by Gasteiger charge is -2.15. The third kappa shape index (κ3) is 4.65. The molecule has 0 fully saturated rings. The Bertz CT molecular complexity index is 115. The molecule has 0 N–H and O–H groups in total. The van der Waals surface area contributed by atoms with Crippen LogP contribution in [0.5, 0.6) is 0 Å². The summed E-state index contributed by atoms with van der Waals surface area (Å²) in [4.78, 5) is 0. The Morgan fingerprint density at radius 2 is 2.00 bits per heavy atom. The quantitative estimate of drug-likeness (QED) is 0.455. The summed E-state index contributed by atoms with van der Waals surface area (Å²) < 4.78 is 17.1. The second kappa shape index (κ2) is 5.85. The van der Waals surface area contributed by atoms with Gasteiger partial charge in [-0.3, -0.25) is 4.57 Å². The molecule has 0 aliphatic heterocycles. The lowest BCUT2D eigenvalue weighted by atomic mass is 10.1. The molecule has 0 rings (SSSR count). The zero-order valence-corrected chi connectivity index (χ0v) is 8.69. The first-order chi connectivity index (χ1) is 5.18. The molecule has 1 unspecified atom stereocenters. The first kappa shape index (κ1) is 11.3. The van der Waals surface area contributed by atoms with Crippen LogP contribution in [0.1, 0.15) is 20.3 Å². The molecule has 0 aromatic carbocycles. The van der Waals surface area contributed by atoms with Gasteiger partial charge in [0.2, 0.25) is 7.37 Å². The highest BCUT2D eigenvalue weighted by Gasteiger charge is 2.18. The molecule has 4 heteroatoms. The van der Waals surface area contributed by atoms with Crippen LogP contribution < -0.4 is 0 Å². The zero-order valence-electron chi connectivity index (χ0n) is 7.80. The van der Waals surface area contributed by atoms with E-state index in [0.717, 1.165) is 25.1 Å². The summed E-state index contributed by atoms with van der Waals surface area (Å²) in [6, 6.07) is 0. The molecule has 0 bridgehead atoms. The standard InChI is InChI=1S/C7H18BO2P/c1-3-6-11(9,7-5-8)10-4-2/h3-8H2,1-2H3. The van der Waals surface area contributed by atoms with Crippen molar-refractivity contribution in [1.82, 2.24) is 0 Å². The third-order valence-electron chi connectivity index (χ3n) is 1.49. The molecule has 0 saturated carbocycles. The van der Waals surface area contributed by atoms with Crippen LogP contribution in [-0.2, 0) is 9.09 Å². The Labute approximate surface area is 70.6 Å². The third-order valence-corrected chi connectivity index (χ3v) is 4.48. The van der Waals surface area contributed by atoms with Gasteiger partial charge in [0, 0.05) is 12.3 Å². The molecule has 0 heterocycles.